The molecule has 2 aromatic heterocycles. The summed E-state index contributed by atoms with van der Waals surface area (Å²) >= 11 is 0. The lowest BCUT2D eigenvalue weighted by molar-refractivity contribution is 0.757. The van der Waals surface area contributed by atoms with Crippen LogP contribution in [0.15, 0.2) is 18.6 Å². The molecule has 4 nitrogen and oxygen atoms in total. The van der Waals surface area contributed by atoms with Crippen LogP contribution in [0.1, 0.15) is 37.4 Å². The van der Waals surface area contributed by atoms with Gasteiger partial charge in [0.25, 0.3) is 0 Å². The highest BCUT2D eigenvalue weighted by Crippen LogP contribution is 2.37. The smallest absolute Gasteiger partial charge is 0.160 e. The quantitative estimate of drug-likeness (QED) is 0.807. The van der Waals surface area contributed by atoms with Crippen molar-refractivity contribution in [2.45, 2.75) is 31.8 Å². The first-order valence-corrected chi connectivity index (χ1v) is 5.34. The van der Waals surface area contributed by atoms with Gasteiger partial charge in [-0.2, -0.15) is 0 Å². The average Bonchev–Trinajstić information content (AvgIpc) is 2.97. The van der Waals surface area contributed by atoms with Crippen LogP contribution in [0.5, 0.6) is 0 Å². The molecule has 0 saturated heterocycles. The minimum atomic E-state index is 0.0121. The number of rotatable bonds is 2. The van der Waals surface area contributed by atoms with Crippen molar-refractivity contribution in [2.24, 2.45) is 5.73 Å². The number of nitrogens with two attached hydrogens (primary N) is 1. The van der Waals surface area contributed by atoms with Gasteiger partial charge in [0, 0.05) is 18.3 Å². The summed E-state index contributed by atoms with van der Waals surface area (Å²) in [5, 5.41) is 0. The molecule has 2 N–H and O–H groups in total. The minimum absolute atomic E-state index is 0.0121. The van der Waals surface area contributed by atoms with Gasteiger partial charge in [-0.05, 0) is 31.4 Å². The Morgan fingerprint density at radius 1 is 1.47 bits per heavy atom. The normalized spacial score (nSPS) is 18.3. The fraction of sp³-hybridized carbons (Fsp3) is 0.455. The molecule has 0 amide bonds. The first kappa shape index (κ1) is 8.85. The van der Waals surface area contributed by atoms with Crippen LogP contribution >= 0.6 is 0 Å². The van der Waals surface area contributed by atoms with Gasteiger partial charge in [0.2, 0.25) is 0 Å². The van der Waals surface area contributed by atoms with Crippen molar-refractivity contribution in [1.29, 1.82) is 0 Å². The van der Waals surface area contributed by atoms with Crippen molar-refractivity contribution in [2.75, 3.05) is 0 Å². The van der Waals surface area contributed by atoms with Gasteiger partial charge in [0.05, 0.1) is 6.33 Å². The Hall–Kier alpha value is -1.42. The van der Waals surface area contributed by atoms with Crippen molar-refractivity contribution in [3.05, 3.63) is 24.2 Å². The van der Waals surface area contributed by atoms with Crippen LogP contribution in [0.2, 0.25) is 0 Å². The summed E-state index contributed by atoms with van der Waals surface area (Å²) in [6, 6.07) is 2.58. The van der Waals surface area contributed by atoms with E-state index in [0.717, 1.165) is 16.7 Å². The van der Waals surface area contributed by atoms with Crippen LogP contribution < -0.4 is 5.73 Å². The molecule has 0 spiro atoms. The topological polar surface area (TPSA) is 56.7 Å². The zero-order valence-electron chi connectivity index (χ0n) is 8.72. The Labute approximate surface area is 88.1 Å². The second-order valence-corrected chi connectivity index (χ2v) is 4.24. The summed E-state index contributed by atoms with van der Waals surface area (Å²) in [5.41, 5.74) is 8.92. The summed E-state index contributed by atoms with van der Waals surface area (Å²) < 4.78 is 2.17. The van der Waals surface area contributed by atoms with E-state index in [0.29, 0.717) is 6.04 Å². The number of fused-ring (bicyclic) bond motifs is 1. The number of aromatic nitrogens is 3. The van der Waals surface area contributed by atoms with Gasteiger partial charge in [-0.3, -0.25) is 0 Å². The molecule has 2 heterocycles. The largest absolute Gasteiger partial charge is 0.324 e. The SMILES string of the molecule is CC(N)c1ccnc2c1ncn2C1CC1. The van der Waals surface area contributed by atoms with E-state index in [4.69, 9.17) is 5.73 Å². The van der Waals surface area contributed by atoms with Gasteiger partial charge in [-0.15, -0.1) is 0 Å². The molecular weight excluding hydrogens is 188 g/mol. The third kappa shape index (κ3) is 1.33. The Kier molecular flexibility index (Phi) is 1.79. The fourth-order valence-electron chi connectivity index (χ4n) is 1.94. The first-order chi connectivity index (χ1) is 7.27. The number of imidazole rings is 1. The van der Waals surface area contributed by atoms with E-state index in [1.165, 1.54) is 12.8 Å². The van der Waals surface area contributed by atoms with Gasteiger partial charge in [-0.1, -0.05) is 0 Å². The highest BCUT2D eigenvalue weighted by molar-refractivity contribution is 5.75. The molecule has 0 aliphatic heterocycles. The van der Waals surface area contributed by atoms with Gasteiger partial charge >= 0.3 is 0 Å². The third-order valence-electron chi connectivity index (χ3n) is 2.92. The number of pyridine rings is 1. The molecule has 1 unspecified atom stereocenters. The van der Waals surface area contributed by atoms with E-state index in [1.54, 1.807) is 0 Å². The number of hydrogen-bond acceptors (Lipinski definition) is 3. The number of hydrogen-bond donors (Lipinski definition) is 1. The number of nitrogens with zero attached hydrogens (tertiary/aromatic N) is 3. The lowest BCUT2D eigenvalue weighted by atomic mass is 10.1. The van der Waals surface area contributed by atoms with Crippen molar-refractivity contribution < 1.29 is 0 Å². The maximum atomic E-state index is 5.90. The predicted octanol–water partition coefficient (Wildman–Crippen LogP) is 1.79. The Balaban J connectivity index is 2.23. The van der Waals surface area contributed by atoms with Gasteiger partial charge in [0.1, 0.15) is 5.52 Å². The van der Waals surface area contributed by atoms with Crippen molar-refractivity contribution in [1.82, 2.24) is 14.5 Å². The third-order valence-corrected chi connectivity index (χ3v) is 2.92. The summed E-state index contributed by atoms with van der Waals surface area (Å²) in [5.74, 6) is 0. The van der Waals surface area contributed by atoms with Crippen LogP contribution in [0.3, 0.4) is 0 Å². The lowest BCUT2D eigenvalue weighted by Crippen LogP contribution is -2.06. The van der Waals surface area contributed by atoms with Crippen LogP contribution in [0.4, 0.5) is 0 Å². The maximum Gasteiger partial charge on any atom is 0.160 e. The van der Waals surface area contributed by atoms with Gasteiger partial charge in [-0.25, -0.2) is 9.97 Å². The second-order valence-electron chi connectivity index (χ2n) is 4.24. The van der Waals surface area contributed by atoms with Crippen molar-refractivity contribution in [3.8, 4) is 0 Å². The van der Waals surface area contributed by atoms with E-state index >= 15 is 0 Å². The van der Waals surface area contributed by atoms with Crippen molar-refractivity contribution >= 4 is 11.2 Å². The Morgan fingerprint density at radius 3 is 2.93 bits per heavy atom. The molecular formula is C11H14N4. The van der Waals surface area contributed by atoms with E-state index in [1.807, 2.05) is 25.5 Å². The molecule has 1 fully saturated rings. The molecule has 1 atom stereocenters. The summed E-state index contributed by atoms with van der Waals surface area (Å²) in [6.07, 6.45) is 6.20. The molecule has 1 aliphatic carbocycles. The monoisotopic (exact) mass is 202 g/mol. The lowest BCUT2D eigenvalue weighted by Gasteiger charge is -2.06. The van der Waals surface area contributed by atoms with Crippen LogP contribution in [0, 0.1) is 0 Å². The molecule has 3 rings (SSSR count). The molecule has 0 aromatic carbocycles. The molecule has 78 valence electrons. The van der Waals surface area contributed by atoms with E-state index in [-0.39, 0.29) is 6.04 Å². The molecule has 0 radical (unpaired) electrons. The molecule has 4 heteroatoms. The Bertz CT molecular complexity index is 496. The molecule has 1 aliphatic rings. The van der Waals surface area contributed by atoms with E-state index in [2.05, 4.69) is 14.5 Å². The first-order valence-electron chi connectivity index (χ1n) is 5.34. The zero-order valence-corrected chi connectivity index (χ0v) is 8.72. The fourth-order valence-corrected chi connectivity index (χ4v) is 1.94. The second kappa shape index (κ2) is 3.03. The summed E-state index contributed by atoms with van der Waals surface area (Å²) in [4.78, 5) is 8.81. The predicted molar refractivity (Wildman–Crippen MR) is 58.4 cm³/mol. The maximum absolute atomic E-state index is 5.90. The highest BCUT2D eigenvalue weighted by atomic mass is 15.1. The summed E-state index contributed by atoms with van der Waals surface area (Å²) in [7, 11) is 0. The van der Waals surface area contributed by atoms with Gasteiger partial charge < -0.3 is 10.3 Å². The molecule has 15 heavy (non-hydrogen) atoms. The van der Waals surface area contributed by atoms with Crippen LogP contribution in [0.25, 0.3) is 11.2 Å². The minimum Gasteiger partial charge on any atom is -0.324 e. The standard InChI is InChI=1S/C11H14N4/c1-7(12)9-4-5-13-11-10(9)14-6-15(11)8-2-3-8/h4-8H,2-3,12H2,1H3. The molecule has 0 bridgehead atoms. The molecule has 1 saturated carbocycles. The van der Waals surface area contributed by atoms with Crippen LogP contribution in [-0.2, 0) is 0 Å². The van der Waals surface area contributed by atoms with Gasteiger partial charge in [0.15, 0.2) is 5.65 Å². The molecule has 2 aromatic rings. The van der Waals surface area contributed by atoms with Crippen molar-refractivity contribution in [3.63, 3.8) is 0 Å². The van der Waals surface area contributed by atoms with Crippen LogP contribution in [-0.4, -0.2) is 14.5 Å². The average molecular weight is 202 g/mol. The summed E-state index contributed by atoms with van der Waals surface area (Å²) in [6.45, 7) is 1.98. The Morgan fingerprint density at radius 2 is 2.27 bits per heavy atom. The van der Waals surface area contributed by atoms with E-state index in [9.17, 15) is 0 Å². The highest BCUT2D eigenvalue weighted by Gasteiger charge is 2.26. The zero-order chi connectivity index (χ0) is 10.4. The van der Waals surface area contributed by atoms with E-state index < -0.39 is 0 Å².